The van der Waals surface area contributed by atoms with Crippen molar-refractivity contribution in [3.05, 3.63) is 0 Å². The van der Waals surface area contributed by atoms with Crippen LogP contribution in [0.25, 0.3) is 0 Å². The molecule has 1 unspecified atom stereocenters. The SMILES string of the molecule is CC(=O)OC1CCN2C[C@H](O)[C@@H](OC(C)=O)[C@H](OC(C)=O)[C@@H]12. The molecule has 2 heterocycles. The van der Waals surface area contributed by atoms with Gasteiger partial charge in [0.1, 0.15) is 12.2 Å². The summed E-state index contributed by atoms with van der Waals surface area (Å²) in [7, 11) is 0. The molecule has 2 aliphatic rings. The summed E-state index contributed by atoms with van der Waals surface area (Å²) in [5, 5.41) is 10.2. The molecule has 0 amide bonds. The van der Waals surface area contributed by atoms with E-state index in [1.807, 2.05) is 4.90 Å². The summed E-state index contributed by atoms with van der Waals surface area (Å²) in [5.41, 5.74) is 0. The molecular formula is C14H21NO7. The molecule has 0 aromatic rings. The van der Waals surface area contributed by atoms with Crippen molar-refractivity contribution in [1.29, 1.82) is 0 Å². The molecule has 0 bridgehead atoms. The van der Waals surface area contributed by atoms with Crippen molar-refractivity contribution in [2.75, 3.05) is 13.1 Å². The zero-order valence-electron chi connectivity index (χ0n) is 12.9. The third kappa shape index (κ3) is 3.56. The fraction of sp³-hybridized carbons (Fsp3) is 0.786. The molecule has 0 aromatic carbocycles. The van der Waals surface area contributed by atoms with Gasteiger partial charge in [0.2, 0.25) is 0 Å². The van der Waals surface area contributed by atoms with E-state index in [1.165, 1.54) is 20.8 Å². The molecular weight excluding hydrogens is 294 g/mol. The van der Waals surface area contributed by atoms with Gasteiger partial charge in [-0.2, -0.15) is 0 Å². The zero-order valence-corrected chi connectivity index (χ0v) is 12.9. The van der Waals surface area contributed by atoms with Crippen molar-refractivity contribution in [1.82, 2.24) is 4.90 Å². The normalized spacial score (nSPS) is 34.6. The Bertz CT molecular complexity index is 466. The molecule has 2 fully saturated rings. The minimum Gasteiger partial charge on any atom is -0.461 e. The van der Waals surface area contributed by atoms with Gasteiger partial charge in [-0.15, -0.1) is 0 Å². The molecule has 8 nitrogen and oxygen atoms in total. The smallest absolute Gasteiger partial charge is 0.303 e. The lowest BCUT2D eigenvalue weighted by Crippen LogP contribution is -2.64. The summed E-state index contributed by atoms with van der Waals surface area (Å²) in [6, 6.07) is -0.430. The summed E-state index contributed by atoms with van der Waals surface area (Å²) in [5.74, 6) is -1.55. The van der Waals surface area contributed by atoms with E-state index >= 15 is 0 Å². The average molecular weight is 315 g/mol. The van der Waals surface area contributed by atoms with E-state index in [-0.39, 0.29) is 6.54 Å². The van der Waals surface area contributed by atoms with Crippen LogP contribution in [-0.2, 0) is 28.6 Å². The maximum atomic E-state index is 11.4. The van der Waals surface area contributed by atoms with Crippen molar-refractivity contribution in [3.63, 3.8) is 0 Å². The first-order valence-corrected chi connectivity index (χ1v) is 7.23. The van der Waals surface area contributed by atoms with Crippen molar-refractivity contribution in [3.8, 4) is 0 Å². The van der Waals surface area contributed by atoms with Gasteiger partial charge < -0.3 is 19.3 Å². The number of carbonyl (C=O) groups is 3. The van der Waals surface area contributed by atoms with Crippen molar-refractivity contribution < 1.29 is 33.7 Å². The first-order valence-electron chi connectivity index (χ1n) is 7.23. The minimum absolute atomic E-state index is 0.262. The third-order valence-corrected chi connectivity index (χ3v) is 3.89. The van der Waals surface area contributed by atoms with Crippen LogP contribution >= 0.6 is 0 Å². The Morgan fingerprint density at radius 2 is 1.50 bits per heavy atom. The predicted molar refractivity (Wildman–Crippen MR) is 72.6 cm³/mol. The molecule has 2 saturated heterocycles. The van der Waals surface area contributed by atoms with Crippen LogP contribution in [0.5, 0.6) is 0 Å². The fourth-order valence-corrected chi connectivity index (χ4v) is 3.25. The van der Waals surface area contributed by atoms with E-state index in [9.17, 15) is 19.5 Å². The van der Waals surface area contributed by atoms with Gasteiger partial charge in [-0.05, 0) is 6.42 Å². The highest BCUT2D eigenvalue weighted by Gasteiger charge is 2.53. The lowest BCUT2D eigenvalue weighted by Gasteiger charge is -2.44. The van der Waals surface area contributed by atoms with Crippen LogP contribution in [0.3, 0.4) is 0 Å². The number of fused-ring (bicyclic) bond motifs is 1. The lowest BCUT2D eigenvalue weighted by molar-refractivity contribution is -0.199. The standard InChI is InChI=1S/C14H21NO7/c1-7(16)20-11-4-5-15-6-10(19)13(21-8(2)17)14(12(11)15)22-9(3)18/h10-14,19H,4-6H2,1-3H3/t10-,11?,12+,13+,14+/m0/s1. The van der Waals surface area contributed by atoms with Crippen LogP contribution in [0.2, 0.25) is 0 Å². The first-order chi connectivity index (χ1) is 10.3. The first kappa shape index (κ1) is 16.7. The topological polar surface area (TPSA) is 102 Å². The van der Waals surface area contributed by atoms with Crippen LogP contribution in [0, 0.1) is 0 Å². The van der Waals surface area contributed by atoms with Crippen LogP contribution in [0.4, 0.5) is 0 Å². The Hall–Kier alpha value is -1.67. The Labute approximate surface area is 128 Å². The van der Waals surface area contributed by atoms with Gasteiger partial charge in [-0.1, -0.05) is 0 Å². The second kappa shape index (κ2) is 6.62. The third-order valence-electron chi connectivity index (χ3n) is 3.89. The molecule has 0 saturated carbocycles. The van der Waals surface area contributed by atoms with E-state index in [1.54, 1.807) is 0 Å². The highest BCUT2D eigenvalue weighted by Crippen LogP contribution is 2.33. The molecule has 2 rings (SSSR count). The molecule has 22 heavy (non-hydrogen) atoms. The molecule has 2 aliphatic heterocycles. The fourth-order valence-electron chi connectivity index (χ4n) is 3.25. The zero-order chi connectivity index (χ0) is 16.4. The van der Waals surface area contributed by atoms with E-state index in [0.717, 1.165) is 0 Å². The highest BCUT2D eigenvalue weighted by atomic mass is 16.6. The molecule has 1 N–H and O–H groups in total. The Morgan fingerprint density at radius 1 is 0.955 bits per heavy atom. The quantitative estimate of drug-likeness (QED) is 0.535. The molecule has 0 radical (unpaired) electrons. The van der Waals surface area contributed by atoms with Gasteiger partial charge in [-0.3, -0.25) is 19.3 Å². The number of aliphatic hydroxyl groups excluding tert-OH is 1. The van der Waals surface area contributed by atoms with Gasteiger partial charge in [0, 0.05) is 33.9 Å². The summed E-state index contributed by atoms with van der Waals surface area (Å²) in [6.07, 6.45) is -2.72. The van der Waals surface area contributed by atoms with Crippen molar-refractivity contribution in [2.45, 2.75) is 57.6 Å². The number of nitrogens with zero attached hydrogens (tertiary/aromatic N) is 1. The maximum absolute atomic E-state index is 11.4. The van der Waals surface area contributed by atoms with E-state index in [4.69, 9.17) is 14.2 Å². The number of hydrogen-bond acceptors (Lipinski definition) is 8. The number of esters is 3. The number of piperidine rings is 1. The van der Waals surface area contributed by atoms with Crippen LogP contribution in [-0.4, -0.2) is 71.5 Å². The van der Waals surface area contributed by atoms with Crippen molar-refractivity contribution in [2.24, 2.45) is 0 Å². The monoisotopic (exact) mass is 315 g/mol. The number of hydrogen-bond donors (Lipinski definition) is 1. The Balaban J connectivity index is 2.26. The predicted octanol–water partition coefficient (Wildman–Crippen LogP) is -0.770. The van der Waals surface area contributed by atoms with Crippen molar-refractivity contribution >= 4 is 17.9 Å². The molecule has 0 aromatic heterocycles. The van der Waals surface area contributed by atoms with Crippen LogP contribution in [0.1, 0.15) is 27.2 Å². The van der Waals surface area contributed by atoms with E-state index in [0.29, 0.717) is 13.0 Å². The molecule has 8 heteroatoms. The maximum Gasteiger partial charge on any atom is 0.303 e. The average Bonchev–Trinajstić information content (AvgIpc) is 2.74. The number of aliphatic hydroxyl groups is 1. The van der Waals surface area contributed by atoms with E-state index in [2.05, 4.69) is 0 Å². The highest BCUT2D eigenvalue weighted by molar-refractivity contribution is 5.68. The summed E-state index contributed by atoms with van der Waals surface area (Å²) < 4.78 is 15.7. The molecule has 124 valence electrons. The van der Waals surface area contributed by atoms with Crippen LogP contribution in [0.15, 0.2) is 0 Å². The van der Waals surface area contributed by atoms with Crippen LogP contribution < -0.4 is 0 Å². The lowest BCUT2D eigenvalue weighted by atomic mass is 9.92. The Kier molecular flexibility index (Phi) is 5.02. The molecule has 5 atom stereocenters. The largest absolute Gasteiger partial charge is 0.461 e. The number of ether oxygens (including phenoxy) is 3. The minimum atomic E-state index is -0.973. The van der Waals surface area contributed by atoms with E-state index < -0.39 is 48.4 Å². The molecule has 0 aliphatic carbocycles. The Morgan fingerprint density at radius 3 is 2.05 bits per heavy atom. The summed E-state index contributed by atoms with van der Waals surface area (Å²) >= 11 is 0. The second-order valence-electron chi connectivity index (χ2n) is 5.64. The summed E-state index contributed by atoms with van der Waals surface area (Å²) in [4.78, 5) is 35.8. The van der Waals surface area contributed by atoms with Gasteiger partial charge in [0.15, 0.2) is 12.2 Å². The molecule has 0 spiro atoms. The van der Waals surface area contributed by atoms with Gasteiger partial charge >= 0.3 is 17.9 Å². The number of rotatable bonds is 3. The summed E-state index contributed by atoms with van der Waals surface area (Å²) in [6.45, 7) is 4.64. The van der Waals surface area contributed by atoms with Gasteiger partial charge in [-0.25, -0.2) is 0 Å². The number of carbonyl (C=O) groups excluding carboxylic acids is 3. The van der Waals surface area contributed by atoms with Gasteiger partial charge in [0.25, 0.3) is 0 Å². The second-order valence-corrected chi connectivity index (χ2v) is 5.64. The van der Waals surface area contributed by atoms with Gasteiger partial charge in [0.05, 0.1) is 6.04 Å².